The van der Waals surface area contributed by atoms with Crippen molar-refractivity contribution < 1.29 is 0 Å². The molecular weight excluding hydrogens is 322 g/mol. The number of nitrogens with one attached hydrogen (secondary N) is 1. The quantitative estimate of drug-likeness (QED) is 0.768. The van der Waals surface area contributed by atoms with Gasteiger partial charge in [0.05, 0.1) is 5.52 Å². The van der Waals surface area contributed by atoms with Crippen LogP contribution in [0.25, 0.3) is 10.9 Å². The normalized spacial score (nSPS) is 18.1. The van der Waals surface area contributed by atoms with Crippen LogP contribution < -0.4 is 5.32 Å². The van der Waals surface area contributed by atoms with Crippen LogP contribution in [0, 0.1) is 0 Å². The summed E-state index contributed by atoms with van der Waals surface area (Å²) in [7, 11) is 0. The van der Waals surface area contributed by atoms with Crippen molar-refractivity contribution in [2.75, 3.05) is 13.1 Å². The molecule has 0 unspecified atom stereocenters. The maximum absolute atomic E-state index is 4.43. The lowest BCUT2D eigenvalue weighted by atomic mass is 10.0. The molecule has 4 rings (SSSR count). The van der Waals surface area contributed by atoms with Crippen LogP contribution in [0.4, 0.5) is 0 Å². The minimum Gasteiger partial charge on any atom is -0.317 e. The van der Waals surface area contributed by atoms with Gasteiger partial charge in [0.25, 0.3) is 0 Å². The number of hydrogen-bond acceptors (Lipinski definition) is 5. The molecule has 1 saturated heterocycles. The smallest absolute Gasteiger partial charge is 0.115 e. The van der Waals surface area contributed by atoms with E-state index in [-0.39, 0.29) is 0 Å². The van der Waals surface area contributed by atoms with Gasteiger partial charge in [0.1, 0.15) is 6.33 Å². The van der Waals surface area contributed by atoms with Crippen molar-refractivity contribution in [3.63, 3.8) is 0 Å². The summed E-state index contributed by atoms with van der Waals surface area (Å²) in [5.74, 6) is 0. The minimum absolute atomic E-state index is 0.579. The molecule has 1 atom stereocenters. The highest BCUT2D eigenvalue weighted by Crippen LogP contribution is 2.21. The Labute approximate surface area is 154 Å². The minimum atomic E-state index is 0.579. The number of benzene rings is 1. The Bertz CT molecular complexity index is 828. The monoisotopic (exact) mass is 347 g/mol. The van der Waals surface area contributed by atoms with Crippen LogP contribution >= 0.6 is 0 Å². The first-order chi connectivity index (χ1) is 12.9. The summed E-state index contributed by atoms with van der Waals surface area (Å²) in [4.78, 5) is 15.4. The summed E-state index contributed by atoms with van der Waals surface area (Å²) < 4.78 is 0. The van der Waals surface area contributed by atoms with Crippen LogP contribution in [0.15, 0.2) is 55.2 Å². The van der Waals surface area contributed by atoms with E-state index in [9.17, 15) is 0 Å². The maximum Gasteiger partial charge on any atom is 0.115 e. The first-order valence-electron chi connectivity index (χ1n) is 9.41. The Balaban J connectivity index is 1.58. The van der Waals surface area contributed by atoms with Gasteiger partial charge in [-0.3, -0.25) is 9.88 Å². The molecule has 2 aromatic heterocycles. The Kier molecular flexibility index (Phi) is 5.47. The van der Waals surface area contributed by atoms with Gasteiger partial charge in [-0.2, -0.15) is 0 Å². The molecule has 0 amide bonds. The van der Waals surface area contributed by atoms with Gasteiger partial charge < -0.3 is 5.32 Å². The van der Waals surface area contributed by atoms with E-state index in [1.807, 2.05) is 24.7 Å². The Hall–Kier alpha value is -2.37. The lowest BCUT2D eigenvalue weighted by Crippen LogP contribution is -2.35. The summed E-state index contributed by atoms with van der Waals surface area (Å²) >= 11 is 0. The second kappa shape index (κ2) is 8.34. The van der Waals surface area contributed by atoms with E-state index < -0.39 is 0 Å². The zero-order valence-corrected chi connectivity index (χ0v) is 15.0. The van der Waals surface area contributed by atoms with Gasteiger partial charge in [-0.25, -0.2) is 9.97 Å². The van der Waals surface area contributed by atoms with Crippen LogP contribution in [0.5, 0.6) is 0 Å². The predicted octanol–water partition coefficient (Wildman–Crippen LogP) is 3.17. The average Bonchev–Trinajstić information content (AvgIpc) is 2.98. The molecular formula is C21H25N5. The molecule has 5 nitrogen and oxygen atoms in total. The summed E-state index contributed by atoms with van der Waals surface area (Å²) in [5.41, 5.74) is 3.56. The maximum atomic E-state index is 4.43. The van der Waals surface area contributed by atoms with Crippen molar-refractivity contribution in [2.24, 2.45) is 0 Å². The van der Waals surface area contributed by atoms with Gasteiger partial charge >= 0.3 is 0 Å². The summed E-state index contributed by atoms with van der Waals surface area (Å²) in [6, 6.07) is 11.3. The van der Waals surface area contributed by atoms with Crippen molar-refractivity contribution in [3.8, 4) is 0 Å². The van der Waals surface area contributed by atoms with Crippen molar-refractivity contribution in [1.82, 2.24) is 25.2 Å². The van der Waals surface area contributed by atoms with Gasteiger partial charge in [0.15, 0.2) is 0 Å². The highest BCUT2D eigenvalue weighted by molar-refractivity contribution is 5.78. The molecule has 5 heteroatoms. The molecule has 0 saturated carbocycles. The number of nitrogens with zero attached hydrogens (tertiary/aromatic N) is 4. The summed E-state index contributed by atoms with van der Waals surface area (Å²) in [6.07, 6.45) is 11.0. The van der Waals surface area contributed by atoms with E-state index in [0.29, 0.717) is 6.04 Å². The number of aromatic nitrogens is 3. The molecule has 1 fully saturated rings. The standard InChI is InChI=1S/C21H25N5/c1-3-19-11-17(5-6-21(19)25-9-1)14-26(15-18-12-23-16-24-13-18)20-4-2-8-22-10-7-20/h1,3,5-6,9,11-13,16,20,22H,2,4,7-8,10,14-15H2/t20-/m1/s1. The third-order valence-corrected chi connectivity index (χ3v) is 5.11. The third-order valence-electron chi connectivity index (χ3n) is 5.11. The van der Waals surface area contributed by atoms with Crippen LogP contribution in [-0.4, -0.2) is 39.0 Å². The Morgan fingerprint density at radius 3 is 2.81 bits per heavy atom. The van der Waals surface area contributed by atoms with E-state index in [2.05, 4.69) is 49.4 Å². The van der Waals surface area contributed by atoms with E-state index >= 15 is 0 Å². The van der Waals surface area contributed by atoms with Gasteiger partial charge in [-0.15, -0.1) is 0 Å². The predicted molar refractivity (Wildman–Crippen MR) is 104 cm³/mol. The largest absolute Gasteiger partial charge is 0.317 e. The van der Waals surface area contributed by atoms with Gasteiger partial charge in [0.2, 0.25) is 0 Å². The molecule has 1 aliphatic rings. The van der Waals surface area contributed by atoms with E-state index in [4.69, 9.17) is 0 Å². The second-order valence-corrected chi connectivity index (χ2v) is 7.02. The third kappa shape index (κ3) is 4.23. The fourth-order valence-corrected chi connectivity index (χ4v) is 3.78. The molecule has 0 radical (unpaired) electrons. The number of fused-ring (bicyclic) bond motifs is 1. The Morgan fingerprint density at radius 2 is 1.88 bits per heavy atom. The molecule has 1 aliphatic heterocycles. The second-order valence-electron chi connectivity index (χ2n) is 7.02. The van der Waals surface area contributed by atoms with Gasteiger partial charge in [-0.1, -0.05) is 12.1 Å². The van der Waals surface area contributed by atoms with Crippen LogP contribution in [0.1, 0.15) is 30.4 Å². The fraction of sp³-hybridized carbons (Fsp3) is 0.381. The first kappa shape index (κ1) is 17.1. The van der Waals surface area contributed by atoms with E-state index in [0.717, 1.165) is 31.7 Å². The molecule has 0 bridgehead atoms. The fourth-order valence-electron chi connectivity index (χ4n) is 3.78. The SMILES string of the molecule is c1cnc2ccc(CN(Cc3cncnc3)[C@@H]3CCCNCC3)cc2c1. The van der Waals surface area contributed by atoms with Crippen LogP contribution in [0.2, 0.25) is 0 Å². The molecule has 26 heavy (non-hydrogen) atoms. The highest BCUT2D eigenvalue weighted by atomic mass is 15.2. The van der Waals surface area contributed by atoms with Crippen molar-refractivity contribution >= 4 is 10.9 Å². The molecule has 3 heterocycles. The van der Waals surface area contributed by atoms with E-state index in [1.54, 1.807) is 6.33 Å². The van der Waals surface area contributed by atoms with Gasteiger partial charge in [-0.05, 0) is 56.1 Å². The van der Waals surface area contributed by atoms with Crippen molar-refractivity contribution in [1.29, 1.82) is 0 Å². The molecule has 0 spiro atoms. The first-order valence-corrected chi connectivity index (χ1v) is 9.41. The topological polar surface area (TPSA) is 53.9 Å². The van der Waals surface area contributed by atoms with Crippen LogP contribution in [0.3, 0.4) is 0 Å². The number of hydrogen-bond donors (Lipinski definition) is 1. The zero-order chi connectivity index (χ0) is 17.6. The lowest BCUT2D eigenvalue weighted by molar-refractivity contribution is 0.164. The molecule has 134 valence electrons. The molecule has 1 aromatic carbocycles. The average molecular weight is 347 g/mol. The molecule has 1 N–H and O–H groups in total. The lowest BCUT2D eigenvalue weighted by Gasteiger charge is -2.31. The Morgan fingerprint density at radius 1 is 1.00 bits per heavy atom. The number of pyridine rings is 1. The van der Waals surface area contributed by atoms with Crippen LogP contribution in [-0.2, 0) is 13.1 Å². The molecule has 0 aliphatic carbocycles. The van der Waals surface area contributed by atoms with Crippen molar-refractivity contribution in [3.05, 3.63) is 66.4 Å². The van der Waals surface area contributed by atoms with Crippen molar-refractivity contribution in [2.45, 2.75) is 38.4 Å². The number of rotatable bonds is 5. The molecule has 3 aromatic rings. The highest BCUT2D eigenvalue weighted by Gasteiger charge is 2.21. The summed E-state index contributed by atoms with van der Waals surface area (Å²) in [6.45, 7) is 4.04. The van der Waals surface area contributed by atoms with Gasteiger partial charge in [0, 0.05) is 48.7 Å². The van der Waals surface area contributed by atoms with E-state index in [1.165, 1.54) is 35.8 Å². The zero-order valence-electron chi connectivity index (χ0n) is 15.0. The summed E-state index contributed by atoms with van der Waals surface area (Å²) in [5, 5.41) is 4.73.